The summed E-state index contributed by atoms with van der Waals surface area (Å²) in [5.74, 6) is 0.0866. The van der Waals surface area contributed by atoms with Crippen LogP contribution in [0.25, 0.3) is 0 Å². The van der Waals surface area contributed by atoms with Crippen molar-refractivity contribution in [3.8, 4) is 0 Å². The van der Waals surface area contributed by atoms with Gasteiger partial charge in [-0.2, -0.15) is 0 Å². The van der Waals surface area contributed by atoms with Crippen LogP contribution in [0, 0.1) is 5.41 Å². The molecule has 0 aliphatic rings. The van der Waals surface area contributed by atoms with Crippen molar-refractivity contribution < 1.29 is 4.79 Å². The summed E-state index contributed by atoms with van der Waals surface area (Å²) in [6.07, 6.45) is 0.464. The van der Waals surface area contributed by atoms with Crippen LogP contribution in [-0.4, -0.2) is 26.0 Å². The number of thiophene rings is 1. The van der Waals surface area contributed by atoms with Gasteiger partial charge in [0.15, 0.2) is 0 Å². The average molecular weight is 319 g/mol. The van der Waals surface area contributed by atoms with Crippen LogP contribution in [0.2, 0.25) is 0 Å². The molecular formula is C12H19BrN2OS. The van der Waals surface area contributed by atoms with Gasteiger partial charge < -0.3 is 10.6 Å². The van der Waals surface area contributed by atoms with Crippen LogP contribution in [-0.2, 0) is 11.2 Å². The molecule has 1 aromatic heterocycles. The highest BCUT2D eigenvalue weighted by Crippen LogP contribution is 2.20. The number of carbonyl (C=O) groups excluding carboxylic acids is 1. The zero-order chi connectivity index (χ0) is 12.9. The molecule has 96 valence electrons. The van der Waals surface area contributed by atoms with Crippen molar-refractivity contribution in [2.24, 2.45) is 5.41 Å². The van der Waals surface area contributed by atoms with Crippen LogP contribution in [0.5, 0.6) is 0 Å². The number of halogens is 1. The molecule has 0 fully saturated rings. The van der Waals surface area contributed by atoms with Gasteiger partial charge in [0.1, 0.15) is 0 Å². The molecule has 0 radical (unpaired) electrons. The SMILES string of the molecule is CNCC(C)(C)CNC(=O)Cc1cc(Br)cs1. The lowest BCUT2D eigenvalue weighted by Gasteiger charge is -2.24. The van der Waals surface area contributed by atoms with Crippen LogP contribution in [0.1, 0.15) is 18.7 Å². The summed E-state index contributed by atoms with van der Waals surface area (Å²) >= 11 is 4.99. The lowest BCUT2D eigenvalue weighted by atomic mass is 9.93. The molecule has 0 unspecified atom stereocenters. The van der Waals surface area contributed by atoms with Gasteiger partial charge in [0, 0.05) is 27.8 Å². The second kappa shape index (κ2) is 6.52. The van der Waals surface area contributed by atoms with Crippen molar-refractivity contribution in [2.75, 3.05) is 20.1 Å². The molecule has 1 rings (SSSR count). The topological polar surface area (TPSA) is 41.1 Å². The van der Waals surface area contributed by atoms with Crippen molar-refractivity contribution in [3.05, 3.63) is 20.8 Å². The predicted octanol–water partition coefficient (Wildman–Crippen LogP) is 2.41. The third-order valence-electron chi connectivity index (χ3n) is 2.38. The maximum absolute atomic E-state index is 11.7. The summed E-state index contributed by atoms with van der Waals surface area (Å²) in [6.45, 7) is 5.84. The van der Waals surface area contributed by atoms with E-state index in [1.807, 2.05) is 18.5 Å². The maximum Gasteiger partial charge on any atom is 0.225 e. The molecule has 5 heteroatoms. The van der Waals surface area contributed by atoms with E-state index in [0.717, 1.165) is 15.9 Å². The van der Waals surface area contributed by atoms with Gasteiger partial charge in [-0.15, -0.1) is 11.3 Å². The normalized spacial score (nSPS) is 11.5. The highest BCUT2D eigenvalue weighted by atomic mass is 79.9. The number of amides is 1. The number of nitrogens with one attached hydrogen (secondary N) is 2. The van der Waals surface area contributed by atoms with Gasteiger partial charge >= 0.3 is 0 Å². The molecule has 3 nitrogen and oxygen atoms in total. The molecule has 0 atom stereocenters. The van der Waals surface area contributed by atoms with Crippen molar-refractivity contribution in [1.82, 2.24) is 10.6 Å². The zero-order valence-corrected chi connectivity index (χ0v) is 12.9. The number of carbonyl (C=O) groups is 1. The Morgan fingerprint density at radius 2 is 2.18 bits per heavy atom. The van der Waals surface area contributed by atoms with Crippen molar-refractivity contribution >= 4 is 33.2 Å². The third kappa shape index (κ3) is 5.66. The third-order valence-corrected chi connectivity index (χ3v) is 4.07. The Hall–Kier alpha value is -0.390. The van der Waals surface area contributed by atoms with E-state index in [2.05, 4.69) is 40.4 Å². The minimum absolute atomic E-state index is 0.0838. The monoisotopic (exact) mass is 318 g/mol. The molecule has 1 aromatic rings. The van der Waals surface area contributed by atoms with E-state index in [1.165, 1.54) is 0 Å². The molecule has 0 spiro atoms. The van der Waals surface area contributed by atoms with Crippen LogP contribution in [0.4, 0.5) is 0 Å². The Kier molecular flexibility index (Phi) is 5.62. The second-order valence-corrected chi connectivity index (χ2v) is 6.79. The molecule has 0 saturated carbocycles. The molecule has 1 amide bonds. The highest BCUT2D eigenvalue weighted by molar-refractivity contribution is 9.10. The van der Waals surface area contributed by atoms with Gasteiger partial charge in [-0.3, -0.25) is 4.79 Å². The first kappa shape index (κ1) is 14.7. The molecule has 17 heavy (non-hydrogen) atoms. The Bertz CT molecular complexity index is 376. The lowest BCUT2D eigenvalue weighted by Crippen LogP contribution is -2.39. The van der Waals surface area contributed by atoms with E-state index in [-0.39, 0.29) is 11.3 Å². The van der Waals surface area contributed by atoms with E-state index in [0.29, 0.717) is 13.0 Å². The first-order valence-corrected chi connectivity index (χ1v) is 7.24. The van der Waals surface area contributed by atoms with Crippen LogP contribution in [0.15, 0.2) is 15.9 Å². The average Bonchev–Trinajstić information content (AvgIpc) is 2.61. The highest BCUT2D eigenvalue weighted by Gasteiger charge is 2.17. The maximum atomic E-state index is 11.7. The van der Waals surface area contributed by atoms with Crippen molar-refractivity contribution in [1.29, 1.82) is 0 Å². The second-order valence-electron chi connectivity index (χ2n) is 4.88. The van der Waals surface area contributed by atoms with Gasteiger partial charge in [-0.1, -0.05) is 13.8 Å². The summed E-state index contributed by atoms with van der Waals surface area (Å²) in [4.78, 5) is 12.8. The lowest BCUT2D eigenvalue weighted by molar-refractivity contribution is -0.120. The van der Waals surface area contributed by atoms with E-state index < -0.39 is 0 Å². The summed E-state index contributed by atoms with van der Waals surface area (Å²) in [5, 5.41) is 8.10. The first-order chi connectivity index (χ1) is 7.93. The number of hydrogen-bond acceptors (Lipinski definition) is 3. The fourth-order valence-electron chi connectivity index (χ4n) is 1.55. The van der Waals surface area contributed by atoms with Crippen molar-refractivity contribution in [3.63, 3.8) is 0 Å². The van der Waals surface area contributed by atoms with Crippen LogP contribution in [0.3, 0.4) is 0 Å². The summed E-state index contributed by atoms with van der Waals surface area (Å²) in [7, 11) is 1.92. The molecule has 2 N–H and O–H groups in total. The van der Waals surface area contributed by atoms with Gasteiger partial charge in [0.2, 0.25) is 5.91 Å². The Morgan fingerprint density at radius 1 is 1.47 bits per heavy atom. The van der Waals surface area contributed by atoms with E-state index in [1.54, 1.807) is 11.3 Å². The van der Waals surface area contributed by atoms with Crippen LogP contribution < -0.4 is 10.6 Å². The molecule has 0 aliphatic heterocycles. The Morgan fingerprint density at radius 3 is 2.71 bits per heavy atom. The first-order valence-electron chi connectivity index (χ1n) is 5.57. The summed E-state index contributed by atoms with van der Waals surface area (Å²) in [5.41, 5.74) is 0.0838. The molecule has 0 aliphatic carbocycles. The predicted molar refractivity (Wildman–Crippen MR) is 76.4 cm³/mol. The fraction of sp³-hybridized carbons (Fsp3) is 0.583. The van der Waals surface area contributed by atoms with Gasteiger partial charge in [0.25, 0.3) is 0 Å². The fourth-order valence-corrected chi connectivity index (χ4v) is 3.00. The standard InChI is InChI=1S/C12H19BrN2OS/c1-12(2,7-14-3)8-15-11(16)5-10-4-9(13)6-17-10/h4,6,14H,5,7-8H2,1-3H3,(H,15,16). The molecule has 0 saturated heterocycles. The van der Waals surface area contributed by atoms with E-state index >= 15 is 0 Å². The van der Waals surface area contributed by atoms with E-state index in [4.69, 9.17) is 0 Å². The minimum Gasteiger partial charge on any atom is -0.355 e. The minimum atomic E-state index is 0.0838. The number of rotatable bonds is 6. The van der Waals surface area contributed by atoms with E-state index in [9.17, 15) is 4.79 Å². The summed E-state index contributed by atoms with van der Waals surface area (Å²) < 4.78 is 1.04. The Labute approximate surface area is 115 Å². The Balaban J connectivity index is 2.35. The number of hydrogen-bond donors (Lipinski definition) is 2. The quantitative estimate of drug-likeness (QED) is 0.845. The van der Waals surface area contributed by atoms with Gasteiger partial charge in [0.05, 0.1) is 6.42 Å². The molecule has 1 heterocycles. The van der Waals surface area contributed by atoms with Gasteiger partial charge in [-0.05, 0) is 34.5 Å². The summed E-state index contributed by atoms with van der Waals surface area (Å²) in [6, 6.07) is 1.99. The van der Waals surface area contributed by atoms with Gasteiger partial charge in [-0.25, -0.2) is 0 Å². The largest absolute Gasteiger partial charge is 0.355 e. The molecule has 0 bridgehead atoms. The molecule has 0 aromatic carbocycles. The molecular weight excluding hydrogens is 300 g/mol. The van der Waals surface area contributed by atoms with Crippen molar-refractivity contribution in [2.45, 2.75) is 20.3 Å². The van der Waals surface area contributed by atoms with Crippen LogP contribution >= 0.6 is 27.3 Å². The smallest absolute Gasteiger partial charge is 0.225 e. The zero-order valence-electron chi connectivity index (χ0n) is 10.5.